The molecule has 1 fully saturated rings. The summed E-state index contributed by atoms with van der Waals surface area (Å²) in [7, 11) is 0. The molecule has 0 bridgehead atoms. The summed E-state index contributed by atoms with van der Waals surface area (Å²) in [6.07, 6.45) is 0.146. The molecule has 1 saturated carbocycles. The summed E-state index contributed by atoms with van der Waals surface area (Å²) < 4.78 is 24.5. The molecule has 0 aromatic rings. The summed E-state index contributed by atoms with van der Waals surface area (Å²) in [6, 6.07) is 0. The summed E-state index contributed by atoms with van der Waals surface area (Å²) >= 11 is 0. The quantitative estimate of drug-likeness (QED) is 0.523. The highest BCUT2D eigenvalue weighted by atomic mass is 19.3. The fourth-order valence-corrected chi connectivity index (χ4v) is 1.18. The van der Waals surface area contributed by atoms with Crippen LogP contribution >= 0.6 is 0 Å². The molecule has 1 aliphatic carbocycles. The molecular formula is C6H9F2O. The van der Waals surface area contributed by atoms with E-state index in [9.17, 15) is 13.9 Å². The van der Waals surface area contributed by atoms with Gasteiger partial charge in [0.05, 0.1) is 6.61 Å². The predicted molar refractivity (Wildman–Crippen MR) is 27.8 cm³/mol. The van der Waals surface area contributed by atoms with Gasteiger partial charge in [-0.2, -0.15) is 0 Å². The van der Waals surface area contributed by atoms with Crippen molar-refractivity contribution in [3.8, 4) is 0 Å². The van der Waals surface area contributed by atoms with Crippen molar-refractivity contribution in [1.82, 2.24) is 0 Å². The molecule has 0 spiro atoms. The molecule has 0 heterocycles. The Morgan fingerprint density at radius 3 is 2.44 bits per heavy atom. The van der Waals surface area contributed by atoms with Gasteiger partial charge in [0.1, 0.15) is 0 Å². The van der Waals surface area contributed by atoms with Gasteiger partial charge < -0.3 is 0 Å². The third-order valence-electron chi connectivity index (χ3n) is 1.74. The zero-order valence-electron chi connectivity index (χ0n) is 5.07. The van der Waals surface area contributed by atoms with E-state index in [0.29, 0.717) is 6.42 Å². The molecule has 9 heavy (non-hydrogen) atoms. The molecule has 0 saturated heterocycles. The molecule has 1 aliphatic rings. The molecular weight excluding hydrogens is 126 g/mol. The van der Waals surface area contributed by atoms with Crippen molar-refractivity contribution in [2.45, 2.75) is 25.2 Å². The highest BCUT2D eigenvalue weighted by Gasteiger charge is 2.38. The average molecular weight is 135 g/mol. The van der Waals surface area contributed by atoms with Crippen LogP contribution in [0.25, 0.3) is 0 Å². The van der Waals surface area contributed by atoms with Crippen molar-refractivity contribution in [3.63, 3.8) is 0 Å². The van der Waals surface area contributed by atoms with Crippen molar-refractivity contribution >= 4 is 0 Å². The standard InChI is InChI=1S/C6H9F2O/c7-6(8)2-1-5(3-6)4-9/h5H,1-4H2. The van der Waals surface area contributed by atoms with Crippen LogP contribution in [0.1, 0.15) is 19.3 Å². The van der Waals surface area contributed by atoms with Crippen LogP contribution < -0.4 is 0 Å². The normalized spacial score (nSPS) is 33.0. The van der Waals surface area contributed by atoms with E-state index in [-0.39, 0.29) is 25.4 Å². The SMILES string of the molecule is [O]CC1CCC(F)(F)C1. The second-order valence-electron chi connectivity index (χ2n) is 2.63. The maximum absolute atomic E-state index is 12.2. The number of hydrogen-bond acceptors (Lipinski definition) is 0. The highest BCUT2D eigenvalue weighted by Crippen LogP contribution is 2.38. The summed E-state index contributed by atoms with van der Waals surface area (Å²) in [4.78, 5) is 0. The van der Waals surface area contributed by atoms with E-state index in [0.717, 1.165) is 0 Å². The first-order valence-electron chi connectivity index (χ1n) is 3.10. The average Bonchev–Trinajstić information content (AvgIpc) is 2.10. The smallest absolute Gasteiger partial charge is 0.236 e. The van der Waals surface area contributed by atoms with Crippen molar-refractivity contribution in [2.75, 3.05) is 6.61 Å². The van der Waals surface area contributed by atoms with Crippen LogP contribution in [0.15, 0.2) is 0 Å². The molecule has 1 rings (SSSR count). The van der Waals surface area contributed by atoms with Crippen LogP contribution in [0.3, 0.4) is 0 Å². The van der Waals surface area contributed by atoms with E-state index < -0.39 is 5.92 Å². The minimum Gasteiger partial charge on any atom is -0.236 e. The van der Waals surface area contributed by atoms with E-state index in [1.165, 1.54) is 0 Å². The predicted octanol–water partition coefficient (Wildman–Crippen LogP) is 1.85. The minimum atomic E-state index is -2.53. The monoisotopic (exact) mass is 135 g/mol. The van der Waals surface area contributed by atoms with Crippen LogP contribution in [-0.2, 0) is 5.11 Å². The molecule has 0 aliphatic heterocycles. The fourth-order valence-electron chi connectivity index (χ4n) is 1.18. The van der Waals surface area contributed by atoms with Gasteiger partial charge in [0.25, 0.3) is 0 Å². The van der Waals surface area contributed by atoms with Crippen LogP contribution in [0, 0.1) is 5.92 Å². The lowest BCUT2D eigenvalue weighted by Crippen LogP contribution is -2.10. The van der Waals surface area contributed by atoms with Gasteiger partial charge in [0.15, 0.2) is 0 Å². The Labute approximate surface area is 52.7 Å². The Bertz CT molecular complexity index is 103. The zero-order valence-corrected chi connectivity index (χ0v) is 5.07. The second-order valence-corrected chi connectivity index (χ2v) is 2.63. The lowest BCUT2D eigenvalue weighted by Gasteiger charge is -2.05. The Hall–Kier alpha value is -0.180. The van der Waals surface area contributed by atoms with Gasteiger partial charge in [-0.15, -0.1) is 0 Å². The van der Waals surface area contributed by atoms with Crippen LogP contribution in [0.2, 0.25) is 0 Å². The van der Waals surface area contributed by atoms with Gasteiger partial charge in [-0.05, 0) is 12.3 Å². The Kier molecular flexibility index (Phi) is 1.70. The number of alkyl halides is 2. The van der Waals surface area contributed by atoms with E-state index >= 15 is 0 Å². The Morgan fingerprint density at radius 1 is 1.56 bits per heavy atom. The van der Waals surface area contributed by atoms with E-state index in [1.54, 1.807) is 0 Å². The first-order valence-corrected chi connectivity index (χ1v) is 3.10. The Morgan fingerprint density at radius 2 is 2.22 bits per heavy atom. The minimum absolute atomic E-state index is 0.0834. The van der Waals surface area contributed by atoms with Gasteiger partial charge in [0.2, 0.25) is 5.92 Å². The van der Waals surface area contributed by atoms with Gasteiger partial charge in [-0.1, -0.05) is 0 Å². The molecule has 0 amide bonds. The summed E-state index contributed by atoms with van der Waals surface area (Å²) in [6.45, 7) is -0.338. The number of rotatable bonds is 1. The fraction of sp³-hybridized carbons (Fsp3) is 1.00. The molecule has 0 N–H and O–H groups in total. The lowest BCUT2D eigenvalue weighted by atomic mass is 10.1. The van der Waals surface area contributed by atoms with Crippen molar-refractivity contribution in [1.29, 1.82) is 0 Å². The maximum Gasteiger partial charge on any atom is 0.248 e. The largest absolute Gasteiger partial charge is 0.248 e. The molecule has 53 valence electrons. The lowest BCUT2D eigenvalue weighted by molar-refractivity contribution is -0.000117. The first kappa shape index (κ1) is 6.93. The van der Waals surface area contributed by atoms with Crippen LogP contribution in [0.5, 0.6) is 0 Å². The third kappa shape index (κ3) is 1.61. The maximum atomic E-state index is 12.2. The molecule has 3 heteroatoms. The molecule has 1 atom stereocenters. The van der Waals surface area contributed by atoms with E-state index in [4.69, 9.17) is 0 Å². The molecule has 1 radical (unpaired) electrons. The van der Waals surface area contributed by atoms with Gasteiger partial charge in [-0.3, -0.25) is 0 Å². The summed E-state index contributed by atoms with van der Waals surface area (Å²) in [5, 5.41) is 10.1. The van der Waals surface area contributed by atoms with Gasteiger partial charge in [0, 0.05) is 12.8 Å². The van der Waals surface area contributed by atoms with E-state index in [1.807, 2.05) is 0 Å². The van der Waals surface area contributed by atoms with Crippen LogP contribution in [0.4, 0.5) is 8.78 Å². The Balaban J connectivity index is 2.38. The third-order valence-corrected chi connectivity index (χ3v) is 1.74. The van der Waals surface area contributed by atoms with Gasteiger partial charge >= 0.3 is 0 Å². The number of halogens is 2. The molecule has 1 unspecified atom stereocenters. The first-order chi connectivity index (χ1) is 4.14. The van der Waals surface area contributed by atoms with Crippen molar-refractivity contribution in [2.24, 2.45) is 5.92 Å². The van der Waals surface area contributed by atoms with Crippen molar-refractivity contribution < 1.29 is 13.9 Å². The van der Waals surface area contributed by atoms with E-state index in [2.05, 4.69) is 0 Å². The molecule has 1 nitrogen and oxygen atoms in total. The highest BCUT2D eigenvalue weighted by molar-refractivity contribution is 4.80. The van der Waals surface area contributed by atoms with Gasteiger partial charge in [-0.25, -0.2) is 13.9 Å². The summed E-state index contributed by atoms with van der Waals surface area (Å²) in [5.74, 6) is -2.80. The topological polar surface area (TPSA) is 19.9 Å². The molecule has 0 aromatic heterocycles. The number of hydrogen-bond donors (Lipinski definition) is 0. The van der Waals surface area contributed by atoms with Crippen LogP contribution in [-0.4, -0.2) is 12.5 Å². The molecule has 0 aromatic carbocycles. The zero-order chi connectivity index (χ0) is 6.91. The van der Waals surface area contributed by atoms with Crippen molar-refractivity contribution in [3.05, 3.63) is 0 Å². The second kappa shape index (κ2) is 2.21. The summed E-state index contributed by atoms with van der Waals surface area (Å²) in [5.41, 5.74) is 0.